The third-order valence-electron chi connectivity index (χ3n) is 4.54. The van der Waals surface area contributed by atoms with Crippen LogP contribution in [0.1, 0.15) is 24.0 Å². The summed E-state index contributed by atoms with van der Waals surface area (Å²) in [7, 11) is 1.72. The summed E-state index contributed by atoms with van der Waals surface area (Å²) in [6, 6.07) is 5.52. The maximum Gasteiger partial charge on any atom is 0.253 e. The highest BCUT2D eigenvalue weighted by molar-refractivity contribution is 7.99. The molecule has 0 amide bonds. The fourth-order valence-corrected chi connectivity index (χ4v) is 3.37. The van der Waals surface area contributed by atoms with Gasteiger partial charge in [0.05, 0.1) is 11.3 Å². The molecule has 0 spiro atoms. The minimum absolute atomic E-state index is 0.0366. The Kier molecular flexibility index (Phi) is 5.36. The van der Waals surface area contributed by atoms with Crippen molar-refractivity contribution in [3.8, 4) is 11.1 Å². The van der Waals surface area contributed by atoms with Crippen LogP contribution in [0.15, 0.2) is 29.2 Å². The van der Waals surface area contributed by atoms with Gasteiger partial charge >= 0.3 is 0 Å². The Morgan fingerprint density at radius 2 is 2.00 bits per heavy atom. The van der Waals surface area contributed by atoms with Gasteiger partial charge in [-0.25, -0.2) is 0 Å². The summed E-state index contributed by atoms with van der Waals surface area (Å²) in [5, 5.41) is 10.9. The largest absolute Gasteiger partial charge is 0.384 e. The highest BCUT2D eigenvalue weighted by Gasteiger charge is 2.23. The lowest BCUT2D eigenvalue weighted by Gasteiger charge is -2.17. The van der Waals surface area contributed by atoms with E-state index in [9.17, 15) is 9.18 Å². The average molecular weight is 374 g/mol. The highest BCUT2D eigenvalue weighted by atomic mass is 32.2. The van der Waals surface area contributed by atoms with Crippen molar-refractivity contribution in [1.82, 2.24) is 4.57 Å². The topological polar surface area (TPSA) is 69.9 Å². The molecule has 1 aliphatic rings. The van der Waals surface area contributed by atoms with Crippen molar-refractivity contribution in [1.29, 1.82) is 5.41 Å². The molecule has 1 fully saturated rings. The van der Waals surface area contributed by atoms with Gasteiger partial charge in [0.15, 0.2) is 0 Å². The maximum absolute atomic E-state index is 14.0. The molecule has 0 bridgehead atoms. The Labute approximate surface area is 156 Å². The lowest BCUT2D eigenvalue weighted by atomic mass is 10.0. The van der Waals surface area contributed by atoms with Gasteiger partial charge in [0, 0.05) is 37.3 Å². The number of aromatic nitrogens is 1. The molecule has 1 aromatic heterocycles. The molecular weight excluding hydrogens is 351 g/mol. The molecule has 0 aliphatic heterocycles. The lowest BCUT2D eigenvalue weighted by Crippen LogP contribution is -2.18. The fourth-order valence-electron chi connectivity index (χ4n) is 2.99. The van der Waals surface area contributed by atoms with Crippen LogP contribution >= 0.6 is 11.9 Å². The number of nitrogens with zero attached hydrogens (tertiary/aromatic N) is 1. The van der Waals surface area contributed by atoms with Crippen molar-refractivity contribution in [2.45, 2.75) is 19.8 Å². The summed E-state index contributed by atoms with van der Waals surface area (Å²) in [6.07, 6.45) is 6.00. The molecule has 26 heavy (non-hydrogen) atoms. The van der Waals surface area contributed by atoms with E-state index in [4.69, 9.17) is 5.41 Å². The summed E-state index contributed by atoms with van der Waals surface area (Å²) < 4.78 is 18.6. The van der Waals surface area contributed by atoms with Gasteiger partial charge in [-0.15, -0.1) is 0 Å². The Balaban J connectivity index is 2.12. The van der Waals surface area contributed by atoms with Crippen LogP contribution in [0, 0.1) is 18.3 Å². The van der Waals surface area contributed by atoms with Gasteiger partial charge in [0.2, 0.25) is 5.97 Å². The monoisotopic (exact) mass is 374 g/mol. The fraction of sp³-hybridized carbons (Fsp3) is 0.368. The first-order chi connectivity index (χ1) is 12.4. The first-order valence-corrected chi connectivity index (χ1v) is 9.76. The number of anilines is 2. The quantitative estimate of drug-likeness (QED) is 0.503. The molecule has 0 unspecified atom stereocenters. The summed E-state index contributed by atoms with van der Waals surface area (Å²) in [6.45, 7) is 2.56. The van der Waals surface area contributed by atoms with Crippen LogP contribution in [0.25, 0.3) is 11.1 Å². The summed E-state index contributed by atoms with van der Waals surface area (Å²) in [5.74, 6) is -0.347. The minimum Gasteiger partial charge on any atom is -0.384 e. The number of halogens is 1. The predicted octanol–water partition coefficient (Wildman–Crippen LogP) is 4.17. The third-order valence-corrected chi connectivity index (χ3v) is 4.97. The second-order valence-electron chi connectivity index (χ2n) is 6.72. The van der Waals surface area contributed by atoms with Crippen LogP contribution in [0.3, 0.4) is 0 Å². The summed E-state index contributed by atoms with van der Waals surface area (Å²) >= 11 is 1.35. The molecule has 5 nitrogen and oxygen atoms in total. The van der Waals surface area contributed by atoms with E-state index in [2.05, 4.69) is 10.0 Å². The molecule has 3 rings (SSSR count). The van der Waals surface area contributed by atoms with Crippen LogP contribution in [-0.4, -0.2) is 23.3 Å². The molecule has 0 saturated heterocycles. The zero-order valence-corrected chi connectivity index (χ0v) is 16.0. The molecule has 2 aromatic rings. The van der Waals surface area contributed by atoms with Crippen LogP contribution < -0.4 is 15.6 Å². The number of hydrogen-bond acceptors (Lipinski definition) is 5. The number of hydrogen-bond donors (Lipinski definition) is 3. The van der Waals surface area contributed by atoms with Gasteiger partial charge in [-0.1, -0.05) is 11.9 Å². The second-order valence-corrected chi connectivity index (χ2v) is 7.33. The molecular formula is C19H23FN4OS. The van der Waals surface area contributed by atoms with E-state index in [-0.39, 0.29) is 11.1 Å². The van der Waals surface area contributed by atoms with Crippen LogP contribution in [0.4, 0.5) is 15.8 Å². The molecule has 1 heterocycles. The van der Waals surface area contributed by atoms with Crippen molar-refractivity contribution in [3.63, 3.8) is 0 Å². The van der Waals surface area contributed by atoms with E-state index in [1.807, 2.05) is 24.5 Å². The standard InChI is InChI=1S/C19H23FN4OS/c1-11-6-14(10-24(2)19(11)25)13-7-15(22-9-12-4-5-12)17(18(20)21)16(8-13)23-26-3/h6-8,10,12,21-23H,4-5,9H2,1-3H3. The second kappa shape index (κ2) is 7.53. The van der Waals surface area contributed by atoms with Crippen molar-refractivity contribution in [2.75, 3.05) is 22.8 Å². The number of pyridine rings is 1. The van der Waals surface area contributed by atoms with Crippen molar-refractivity contribution in [3.05, 3.63) is 45.9 Å². The zero-order chi connectivity index (χ0) is 18.8. The van der Waals surface area contributed by atoms with Crippen molar-refractivity contribution >= 4 is 29.3 Å². The van der Waals surface area contributed by atoms with Gasteiger partial charge in [0.1, 0.15) is 0 Å². The zero-order valence-electron chi connectivity index (χ0n) is 15.1. The van der Waals surface area contributed by atoms with Gasteiger partial charge < -0.3 is 14.6 Å². The molecule has 0 radical (unpaired) electrons. The number of nitrogens with one attached hydrogen (secondary N) is 3. The maximum atomic E-state index is 14.0. The first kappa shape index (κ1) is 18.5. The van der Waals surface area contributed by atoms with Gasteiger partial charge in [-0.05, 0) is 55.0 Å². The van der Waals surface area contributed by atoms with Crippen molar-refractivity contribution in [2.24, 2.45) is 13.0 Å². The lowest BCUT2D eigenvalue weighted by molar-refractivity contribution is 0.797. The van der Waals surface area contributed by atoms with Crippen LogP contribution in [0.5, 0.6) is 0 Å². The van der Waals surface area contributed by atoms with E-state index < -0.39 is 5.97 Å². The van der Waals surface area contributed by atoms with E-state index in [1.165, 1.54) is 24.8 Å². The van der Waals surface area contributed by atoms with Crippen LogP contribution in [0.2, 0.25) is 0 Å². The molecule has 7 heteroatoms. The Morgan fingerprint density at radius 1 is 1.31 bits per heavy atom. The number of aryl methyl sites for hydroxylation is 2. The van der Waals surface area contributed by atoms with Gasteiger partial charge in [-0.3, -0.25) is 10.2 Å². The molecule has 138 valence electrons. The molecule has 1 aromatic carbocycles. The Bertz CT molecular complexity index is 879. The SMILES string of the molecule is CSNc1cc(-c2cc(C)c(=O)n(C)c2)cc(NCC2CC2)c1C(=N)F. The predicted molar refractivity (Wildman–Crippen MR) is 108 cm³/mol. The smallest absolute Gasteiger partial charge is 0.253 e. The normalized spacial score (nSPS) is 13.5. The number of benzene rings is 1. The molecule has 0 atom stereocenters. The van der Waals surface area contributed by atoms with Gasteiger partial charge in [-0.2, -0.15) is 4.39 Å². The van der Waals surface area contributed by atoms with E-state index in [1.54, 1.807) is 24.7 Å². The van der Waals surface area contributed by atoms with E-state index >= 15 is 0 Å². The molecule has 3 N–H and O–H groups in total. The number of rotatable bonds is 7. The molecule has 1 saturated carbocycles. The van der Waals surface area contributed by atoms with E-state index in [0.29, 0.717) is 22.9 Å². The Hall–Kier alpha value is -2.28. The molecule has 1 aliphatic carbocycles. The van der Waals surface area contributed by atoms with Gasteiger partial charge in [0.25, 0.3) is 5.56 Å². The third kappa shape index (κ3) is 3.93. The summed E-state index contributed by atoms with van der Waals surface area (Å²) in [5.41, 5.74) is 3.75. The van der Waals surface area contributed by atoms with Crippen molar-refractivity contribution < 1.29 is 4.39 Å². The van der Waals surface area contributed by atoms with Crippen LogP contribution in [-0.2, 0) is 7.05 Å². The van der Waals surface area contributed by atoms with E-state index in [0.717, 1.165) is 17.7 Å². The first-order valence-electron chi connectivity index (χ1n) is 8.53. The summed E-state index contributed by atoms with van der Waals surface area (Å²) in [4.78, 5) is 12.0. The average Bonchev–Trinajstić information content (AvgIpc) is 3.41. The highest BCUT2D eigenvalue weighted by Crippen LogP contribution is 2.35. The minimum atomic E-state index is -0.969. The Morgan fingerprint density at radius 3 is 2.58 bits per heavy atom.